The molecule has 0 heterocycles. The normalized spacial score (nSPS) is 24.9. The van der Waals surface area contributed by atoms with Crippen LogP contribution in [0.1, 0.15) is 69.5 Å². The van der Waals surface area contributed by atoms with Crippen molar-refractivity contribution in [3.05, 3.63) is 35.4 Å². The lowest BCUT2D eigenvalue weighted by Gasteiger charge is -2.34. The molecule has 1 aliphatic carbocycles. The van der Waals surface area contributed by atoms with Gasteiger partial charge in [0.05, 0.1) is 0 Å². The van der Waals surface area contributed by atoms with Crippen LogP contribution in [-0.2, 0) is 0 Å². The van der Waals surface area contributed by atoms with E-state index in [2.05, 4.69) is 50.4 Å². The third-order valence-corrected chi connectivity index (χ3v) is 4.78. The standard InChI is InChI=1S/C18H30N2/c1-13(2)15-8-10-16(11-9-15)14(3)20-18-7-5-4-6-17(18)12-19/h8-11,13-14,17-18,20H,4-7,12,19H2,1-3H3. The molecule has 0 bridgehead atoms. The molecule has 3 atom stereocenters. The molecule has 1 fully saturated rings. The highest BCUT2D eigenvalue weighted by Crippen LogP contribution is 2.26. The zero-order valence-electron chi connectivity index (χ0n) is 13.2. The van der Waals surface area contributed by atoms with E-state index in [0.717, 1.165) is 6.54 Å². The molecule has 20 heavy (non-hydrogen) atoms. The molecule has 0 spiro atoms. The van der Waals surface area contributed by atoms with Gasteiger partial charge in [-0.2, -0.15) is 0 Å². The van der Waals surface area contributed by atoms with Crippen LogP contribution in [0.4, 0.5) is 0 Å². The van der Waals surface area contributed by atoms with Gasteiger partial charge in [0.15, 0.2) is 0 Å². The number of nitrogens with one attached hydrogen (secondary N) is 1. The van der Waals surface area contributed by atoms with Crippen molar-refractivity contribution in [2.24, 2.45) is 11.7 Å². The van der Waals surface area contributed by atoms with Crippen molar-refractivity contribution in [1.29, 1.82) is 0 Å². The molecule has 3 N–H and O–H groups in total. The van der Waals surface area contributed by atoms with Crippen molar-refractivity contribution < 1.29 is 0 Å². The van der Waals surface area contributed by atoms with E-state index in [-0.39, 0.29) is 0 Å². The molecule has 2 rings (SSSR count). The second kappa shape index (κ2) is 7.24. The first kappa shape index (κ1) is 15.5. The summed E-state index contributed by atoms with van der Waals surface area (Å²) in [5.41, 5.74) is 8.72. The Morgan fingerprint density at radius 3 is 2.25 bits per heavy atom. The van der Waals surface area contributed by atoms with Gasteiger partial charge < -0.3 is 11.1 Å². The van der Waals surface area contributed by atoms with Gasteiger partial charge in [-0.15, -0.1) is 0 Å². The number of nitrogens with two attached hydrogens (primary N) is 1. The van der Waals surface area contributed by atoms with Crippen LogP contribution in [0.15, 0.2) is 24.3 Å². The van der Waals surface area contributed by atoms with Crippen LogP contribution in [0.5, 0.6) is 0 Å². The molecule has 3 unspecified atom stereocenters. The molecule has 2 nitrogen and oxygen atoms in total. The highest BCUT2D eigenvalue weighted by atomic mass is 15.0. The third-order valence-electron chi connectivity index (χ3n) is 4.78. The molecule has 112 valence electrons. The maximum absolute atomic E-state index is 5.92. The van der Waals surface area contributed by atoms with Gasteiger partial charge >= 0.3 is 0 Å². The second-order valence-electron chi connectivity index (χ2n) is 6.60. The largest absolute Gasteiger partial charge is 0.330 e. The van der Waals surface area contributed by atoms with Gasteiger partial charge in [-0.1, -0.05) is 51.0 Å². The smallest absolute Gasteiger partial charge is 0.0294 e. The summed E-state index contributed by atoms with van der Waals surface area (Å²) in [5.74, 6) is 1.26. The van der Waals surface area contributed by atoms with Crippen LogP contribution in [0, 0.1) is 5.92 Å². The zero-order chi connectivity index (χ0) is 14.5. The van der Waals surface area contributed by atoms with E-state index in [4.69, 9.17) is 5.73 Å². The van der Waals surface area contributed by atoms with Gasteiger partial charge in [0, 0.05) is 12.1 Å². The van der Waals surface area contributed by atoms with Gasteiger partial charge in [0.25, 0.3) is 0 Å². The van der Waals surface area contributed by atoms with Crippen LogP contribution in [0.2, 0.25) is 0 Å². The summed E-state index contributed by atoms with van der Waals surface area (Å²) in [6, 6.07) is 10.1. The first-order valence-corrected chi connectivity index (χ1v) is 8.17. The van der Waals surface area contributed by atoms with E-state index in [1.807, 2.05) is 0 Å². The molecule has 2 heteroatoms. The number of rotatable bonds is 5. The molecule has 1 saturated carbocycles. The Bertz CT molecular complexity index is 396. The first-order valence-electron chi connectivity index (χ1n) is 8.17. The van der Waals surface area contributed by atoms with Crippen LogP contribution in [-0.4, -0.2) is 12.6 Å². The maximum atomic E-state index is 5.92. The van der Waals surface area contributed by atoms with Crippen LogP contribution >= 0.6 is 0 Å². The lowest BCUT2D eigenvalue weighted by molar-refractivity contribution is 0.252. The Hall–Kier alpha value is -0.860. The molecule has 0 aromatic heterocycles. The van der Waals surface area contributed by atoms with E-state index < -0.39 is 0 Å². The quantitative estimate of drug-likeness (QED) is 0.852. The van der Waals surface area contributed by atoms with Crippen LogP contribution < -0.4 is 11.1 Å². The highest BCUT2D eigenvalue weighted by molar-refractivity contribution is 5.26. The Morgan fingerprint density at radius 1 is 1.05 bits per heavy atom. The van der Waals surface area contributed by atoms with Crippen molar-refractivity contribution in [3.8, 4) is 0 Å². The molecule has 0 radical (unpaired) electrons. The Balaban J connectivity index is 1.98. The van der Waals surface area contributed by atoms with Gasteiger partial charge in [0.1, 0.15) is 0 Å². The second-order valence-corrected chi connectivity index (χ2v) is 6.60. The van der Waals surface area contributed by atoms with E-state index >= 15 is 0 Å². The van der Waals surface area contributed by atoms with E-state index in [1.165, 1.54) is 36.8 Å². The van der Waals surface area contributed by atoms with Gasteiger partial charge in [0.2, 0.25) is 0 Å². The van der Waals surface area contributed by atoms with Crippen molar-refractivity contribution in [2.45, 2.75) is 64.5 Å². The van der Waals surface area contributed by atoms with E-state index in [0.29, 0.717) is 23.9 Å². The summed E-state index contributed by atoms with van der Waals surface area (Å²) in [4.78, 5) is 0. The van der Waals surface area contributed by atoms with Crippen molar-refractivity contribution >= 4 is 0 Å². The molecule has 1 aromatic carbocycles. The van der Waals surface area contributed by atoms with Crippen LogP contribution in [0.25, 0.3) is 0 Å². The lowest BCUT2D eigenvalue weighted by atomic mass is 9.84. The summed E-state index contributed by atoms with van der Waals surface area (Å²) in [7, 11) is 0. The average molecular weight is 274 g/mol. The Labute approximate surface area is 124 Å². The highest BCUT2D eigenvalue weighted by Gasteiger charge is 2.25. The molecular weight excluding hydrogens is 244 g/mol. The molecule has 1 aliphatic rings. The van der Waals surface area contributed by atoms with E-state index in [1.54, 1.807) is 0 Å². The average Bonchev–Trinajstić information content (AvgIpc) is 2.48. The molecule has 0 aliphatic heterocycles. The van der Waals surface area contributed by atoms with Gasteiger partial charge in [-0.05, 0) is 49.3 Å². The summed E-state index contributed by atoms with van der Waals surface area (Å²) in [6.45, 7) is 7.57. The molecular formula is C18H30N2. The van der Waals surface area contributed by atoms with Crippen molar-refractivity contribution in [3.63, 3.8) is 0 Å². The minimum Gasteiger partial charge on any atom is -0.330 e. The van der Waals surface area contributed by atoms with Gasteiger partial charge in [-0.25, -0.2) is 0 Å². The Morgan fingerprint density at radius 2 is 1.65 bits per heavy atom. The minimum atomic E-state index is 0.411. The first-order chi connectivity index (χ1) is 9.61. The molecule has 0 amide bonds. The fourth-order valence-corrected chi connectivity index (χ4v) is 3.30. The Kier molecular flexibility index (Phi) is 5.62. The van der Waals surface area contributed by atoms with E-state index in [9.17, 15) is 0 Å². The van der Waals surface area contributed by atoms with Gasteiger partial charge in [-0.3, -0.25) is 0 Å². The minimum absolute atomic E-state index is 0.411. The number of hydrogen-bond acceptors (Lipinski definition) is 2. The summed E-state index contributed by atoms with van der Waals surface area (Å²) in [5, 5.41) is 3.80. The predicted octanol–water partition coefficient (Wildman–Crippen LogP) is 3.98. The molecule has 1 aromatic rings. The fourth-order valence-electron chi connectivity index (χ4n) is 3.30. The van der Waals surface area contributed by atoms with Crippen LogP contribution in [0.3, 0.4) is 0 Å². The number of benzene rings is 1. The summed E-state index contributed by atoms with van der Waals surface area (Å²) in [6.07, 6.45) is 5.24. The topological polar surface area (TPSA) is 38.0 Å². The maximum Gasteiger partial charge on any atom is 0.0294 e. The van der Waals surface area contributed by atoms with Crippen molar-refractivity contribution in [2.75, 3.05) is 6.54 Å². The summed E-state index contributed by atoms with van der Waals surface area (Å²) >= 11 is 0. The third kappa shape index (κ3) is 3.83. The fraction of sp³-hybridized carbons (Fsp3) is 0.667. The zero-order valence-corrected chi connectivity index (χ0v) is 13.2. The summed E-state index contributed by atoms with van der Waals surface area (Å²) < 4.78 is 0. The lowest BCUT2D eigenvalue weighted by Crippen LogP contribution is -2.42. The van der Waals surface area contributed by atoms with Crippen molar-refractivity contribution in [1.82, 2.24) is 5.32 Å². The predicted molar refractivity (Wildman–Crippen MR) is 86.9 cm³/mol. The molecule has 0 saturated heterocycles. The monoisotopic (exact) mass is 274 g/mol. The SMILES string of the molecule is CC(C)c1ccc(C(C)NC2CCCCC2CN)cc1. The number of hydrogen-bond donors (Lipinski definition) is 2.